The summed E-state index contributed by atoms with van der Waals surface area (Å²) in [4.78, 5) is 28.5. The molecule has 0 unspecified atom stereocenters. The first-order valence-corrected chi connectivity index (χ1v) is 9.04. The van der Waals surface area contributed by atoms with Crippen LogP contribution in [0.1, 0.15) is 19.8 Å². The number of benzene rings is 1. The largest absolute Gasteiger partial charge is 0.497 e. The van der Waals surface area contributed by atoms with Crippen molar-refractivity contribution in [2.24, 2.45) is 4.99 Å². The highest BCUT2D eigenvalue weighted by Crippen LogP contribution is 2.23. The smallest absolute Gasteiger partial charge is 0.240 e. The maximum Gasteiger partial charge on any atom is 0.240 e. The fraction of sp³-hybridized carbons (Fsp3) is 0.471. The van der Waals surface area contributed by atoms with E-state index in [0.717, 1.165) is 6.42 Å². The number of amidine groups is 1. The molecule has 7 nitrogen and oxygen atoms in total. The SMILES string of the molecule is CCOCCCN=C1NC(=O)[C@H](CC(=O)Nc2cccc(OC)c2)S1. The van der Waals surface area contributed by atoms with Crippen LogP contribution in [-0.4, -0.2) is 49.1 Å². The number of nitrogens with zero attached hydrogens (tertiary/aromatic N) is 1. The van der Waals surface area contributed by atoms with E-state index in [9.17, 15) is 9.59 Å². The molecule has 0 radical (unpaired) electrons. The van der Waals surface area contributed by atoms with Crippen molar-refractivity contribution in [1.82, 2.24) is 5.32 Å². The number of ether oxygens (including phenoxy) is 2. The van der Waals surface area contributed by atoms with Crippen LogP contribution in [0, 0.1) is 0 Å². The molecule has 25 heavy (non-hydrogen) atoms. The van der Waals surface area contributed by atoms with Gasteiger partial charge in [-0.2, -0.15) is 0 Å². The third kappa shape index (κ3) is 6.39. The third-order valence-corrected chi connectivity index (χ3v) is 4.53. The van der Waals surface area contributed by atoms with Crippen LogP contribution in [0.5, 0.6) is 5.75 Å². The van der Waals surface area contributed by atoms with Gasteiger partial charge in [0.1, 0.15) is 11.0 Å². The van der Waals surface area contributed by atoms with Gasteiger partial charge in [-0.3, -0.25) is 14.6 Å². The van der Waals surface area contributed by atoms with Crippen molar-refractivity contribution < 1.29 is 19.1 Å². The van der Waals surface area contributed by atoms with Crippen LogP contribution in [0.25, 0.3) is 0 Å². The highest BCUT2D eigenvalue weighted by atomic mass is 32.2. The van der Waals surface area contributed by atoms with Crippen molar-refractivity contribution in [3.8, 4) is 5.75 Å². The van der Waals surface area contributed by atoms with E-state index >= 15 is 0 Å². The van der Waals surface area contributed by atoms with Crippen LogP contribution in [0.3, 0.4) is 0 Å². The number of thioether (sulfide) groups is 1. The predicted octanol–water partition coefficient (Wildman–Crippen LogP) is 2.04. The number of amides is 2. The molecule has 0 aromatic heterocycles. The van der Waals surface area contributed by atoms with Crippen molar-refractivity contribution in [1.29, 1.82) is 0 Å². The van der Waals surface area contributed by atoms with E-state index in [1.165, 1.54) is 11.8 Å². The first kappa shape index (κ1) is 19.3. The van der Waals surface area contributed by atoms with Gasteiger partial charge in [0, 0.05) is 37.9 Å². The van der Waals surface area contributed by atoms with Crippen LogP contribution < -0.4 is 15.4 Å². The number of hydrogen-bond donors (Lipinski definition) is 2. The number of hydrogen-bond acceptors (Lipinski definition) is 6. The Hall–Kier alpha value is -2.06. The van der Waals surface area contributed by atoms with E-state index in [4.69, 9.17) is 9.47 Å². The Morgan fingerprint density at radius 2 is 2.28 bits per heavy atom. The summed E-state index contributed by atoms with van der Waals surface area (Å²) in [5.74, 6) is 0.250. The summed E-state index contributed by atoms with van der Waals surface area (Å²) in [5, 5.41) is 5.60. The van der Waals surface area contributed by atoms with E-state index in [0.29, 0.717) is 36.4 Å². The number of rotatable bonds is 9. The van der Waals surface area contributed by atoms with E-state index in [-0.39, 0.29) is 18.2 Å². The average molecular weight is 365 g/mol. The van der Waals surface area contributed by atoms with Gasteiger partial charge >= 0.3 is 0 Å². The van der Waals surface area contributed by atoms with Gasteiger partial charge in [0.2, 0.25) is 11.8 Å². The first-order valence-electron chi connectivity index (χ1n) is 8.16. The molecule has 0 saturated carbocycles. The highest BCUT2D eigenvalue weighted by molar-refractivity contribution is 8.15. The van der Waals surface area contributed by atoms with E-state index in [1.54, 1.807) is 31.4 Å². The van der Waals surface area contributed by atoms with Gasteiger partial charge in [-0.1, -0.05) is 17.8 Å². The number of carbonyl (C=O) groups is 2. The lowest BCUT2D eigenvalue weighted by Crippen LogP contribution is -2.28. The molecule has 1 heterocycles. The predicted molar refractivity (Wildman–Crippen MR) is 99.2 cm³/mol. The molecule has 1 aliphatic heterocycles. The Labute approximate surface area is 151 Å². The van der Waals surface area contributed by atoms with Crippen molar-refractivity contribution in [3.63, 3.8) is 0 Å². The maximum absolute atomic E-state index is 12.2. The Kier molecular flexibility index (Phi) is 7.75. The lowest BCUT2D eigenvalue weighted by molar-refractivity contribution is -0.122. The van der Waals surface area contributed by atoms with Crippen molar-refractivity contribution in [2.75, 3.05) is 32.2 Å². The van der Waals surface area contributed by atoms with Crippen molar-refractivity contribution in [3.05, 3.63) is 24.3 Å². The number of aliphatic imine (C=N–C) groups is 1. The molecule has 2 N–H and O–H groups in total. The summed E-state index contributed by atoms with van der Waals surface area (Å²) in [5.41, 5.74) is 0.637. The fourth-order valence-electron chi connectivity index (χ4n) is 2.19. The number of carbonyl (C=O) groups excluding carboxylic acids is 2. The second-order valence-corrected chi connectivity index (χ2v) is 6.51. The minimum Gasteiger partial charge on any atom is -0.497 e. The zero-order valence-corrected chi connectivity index (χ0v) is 15.2. The lowest BCUT2D eigenvalue weighted by atomic mass is 10.2. The zero-order valence-electron chi connectivity index (χ0n) is 14.4. The second kappa shape index (κ2) is 10.0. The summed E-state index contributed by atoms with van der Waals surface area (Å²) >= 11 is 1.29. The Morgan fingerprint density at radius 1 is 1.44 bits per heavy atom. The van der Waals surface area contributed by atoms with Crippen LogP contribution in [0.15, 0.2) is 29.3 Å². The van der Waals surface area contributed by atoms with E-state index < -0.39 is 5.25 Å². The van der Waals surface area contributed by atoms with Gasteiger partial charge in [0.05, 0.1) is 7.11 Å². The summed E-state index contributed by atoms with van der Waals surface area (Å²) in [6.07, 6.45) is 0.889. The molecule has 136 valence electrons. The summed E-state index contributed by atoms with van der Waals surface area (Å²) in [6, 6.07) is 7.08. The number of methoxy groups -OCH3 is 1. The normalized spacial score (nSPS) is 18.2. The second-order valence-electron chi connectivity index (χ2n) is 5.32. The van der Waals surface area contributed by atoms with Crippen LogP contribution in [0.4, 0.5) is 5.69 Å². The fourth-order valence-corrected chi connectivity index (χ4v) is 3.18. The van der Waals surface area contributed by atoms with E-state index in [1.807, 2.05) is 6.92 Å². The minimum absolute atomic E-state index is 0.0890. The molecule has 1 aromatic rings. The van der Waals surface area contributed by atoms with Crippen LogP contribution >= 0.6 is 11.8 Å². The zero-order chi connectivity index (χ0) is 18.1. The average Bonchev–Trinajstić information content (AvgIpc) is 2.94. The Balaban J connectivity index is 1.80. The molecular weight excluding hydrogens is 342 g/mol. The topological polar surface area (TPSA) is 89.0 Å². The molecule has 1 aliphatic rings. The molecular formula is C17H23N3O4S. The van der Waals surface area contributed by atoms with Crippen LogP contribution in [0.2, 0.25) is 0 Å². The number of anilines is 1. The van der Waals surface area contributed by atoms with Crippen molar-refractivity contribution in [2.45, 2.75) is 25.0 Å². The molecule has 0 aliphatic carbocycles. The minimum atomic E-state index is -0.462. The molecule has 1 fully saturated rings. The molecule has 1 saturated heterocycles. The lowest BCUT2D eigenvalue weighted by Gasteiger charge is -2.08. The van der Waals surface area contributed by atoms with Gasteiger partial charge in [0.15, 0.2) is 5.17 Å². The monoisotopic (exact) mass is 365 g/mol. The first-order chi connectivity index (χ1) is 12.1. The third-order valence-electron chi connectivity index (χ3n) is 3.41. The van der Waals surface area contributed by atoms with Crippen LogP contribution in [-0.2, 0) is 14.3 Å². The van der Waals surface area contributed by atoms with E-state index in [2.05, 4.69) is 15.6 Å². The molecule has 8 heteroatoms. The molecule has 1 aromatic carbocycles. The maximum atomic E-state index is 12.2. The molecule has 0 spiro atoms. The van der Waals surface area contributed by atoms with Gasteiger partial charge in [-0.15, -0.1) is 0 Å². The highest BCUT2D eigenvalue weighted by Gasteiger charge is 2.31. The molecule has 2 amide bonds. The molecule has 1 atom stereocenters. The molecule has 2 rings (SSSR count). The Morgan fingerprint density at radius 3 is 3.04 bits per heavy atom. The molecule has 0 bridgehead atoms. The summed E-state index contributed by atoms with van der Waals surface area (Å²) in [7, 11) is 1.57. The summed E-state index contributed by atoms with van der Waals surface area (Å²) in [6.45, 7) is 3.87. The Bertz CT molecular complexity index is 636. The van der Waals surface area contributed by atoms with Gasteiger partial charge in [-0.25, -0.2) is 0 Å². The quantitative estimate of drug-likeness (QED) is 0.654. The number of nitrogens with one attached hydrogen (secondary N) is 2. The summed E-state index contributed by atoms with van der Waals surface area (Å²) < 4.78 is 10.4. The standard InChI is InChI=1S/C17H23N3O4S/c1-3-24-9-5-8-18-17-20-16(22)14(25-17)11-15(21)19-12-6-4-7-13(10-12)23-2/h4,6-7,10,14H,3,5,8-9,11H2,1-2H3,(H,19,21)(H,18,20,22)/t14-/m0/s1. The van der Waals surface area contributed by atoms with Crippen molar-refractivity contribution >= 4 is 34.4 Å². The van der Waals surface area contributed by atoms with Gasteiger partial charge in [-0.05, 0) is 25.5 Å². The van der Waals surface area contributed by atoms with Gasteiger partial charge in [0.25, 0.3) is 0 Å². The van der Waals surface area contributed by atoms with Gasteiger partial charge < -0.3 is 20.1 Å².